The Morgan fingerprint density at radius 2 is 2.00 bits per heavy atom. The number of fused-ring (bicyclic) bond motifs is 10. The van der Waals surface area contributed by atoms with Gasteiger partial charge in [-0.25, -0.2) is 0 Å². The number of nitrogens with one attached hydrogen (secondary N) is 1. The fourth-order valence-electron chi connectivity index (χ4n) is 4.91. The van der Waals surface area contributed by atoms with Crippen molar-refractivity contribution in [2.45, 2.75) is 26.5 Å². The Kier molecular flexibility index (Phi) is 3.23. The quantitative estimate of drug-likeness (QED) is 0.488. The number of hydrogen-bond acceptors (Lipinski definition) is 3. The first-order valence-corrected chi connectivity index (χ1v) is 9.84. The zero-order valence-electron chi connectivity index (χ0n) is 15.8. The van der Waals surface area contributed by atoms with Crippen molar-refractivity contribution >= 4 is 27.6 Å². The number of nitrogens with two attached hydrogens (primary N) is 1. The molecule has 0 bridgehead atoms. The van der Waals surface area contributed by atoms with Crippen LogP contribution >= 0.6 is 0 Å². The lowest BCUT2D eigenvalue weighted by Crippen LogP contribution is -2.12. The maximum Gasteiger partial charge on any atom is 0.126 e. The summed E-state index contributed by atoms with van der Waals surface area (Å²) in [5, 5.41) is 2.52. The molecule has 6 rings (SSSR count). The van der Waals surface area contributed by atoms with E-state index >= 15 is 0 Å². The molecule has 138 valence electrons. The van der Waals surface area contributed by atoms with Gasteiger partial charge in [0.2, 0.25) is 0 Å². The van der Waals surface area contributed by atoms with Gasteiger partial charge in [-0.1, -0.05) is 30.3 Å². The van der Waals surface area contributed by atoms with Gasteiger partial charge in [-0.2, -0.15) is 0 Å². The van der Waals surface area contributed by atoms with E-state index < -0.39 is 0 Å². The molecule has 0 saturated heterocycles. The van der Waals surface area contributed by atoms with E-state index in [0.717, 1.165) is 24.1 Å². The summed E-state index contributed by atoms with van der Waals surface area (Å²) in [6.07, 6.45) is 0.932. The summed E-state index contributed by atoms with van der Waals surface area (Å²) in [7, 11) is 0. The number of rotatable bonds is 3. The second-order valence-corrected chi connectivity index (χ2v) is 7.63. The van der Waals surface area contributed by atoms with Crippen LogP contribution < -0.4 is 5.73 Å². The Balaban J connectivity index is 1.71. The minimum Gasteiger partial charge on any atom is -0.383 e. The molecule has 0 saturated carbocycles. The van der Waals surface area contributed by atoms with E-state index in [4.69, 9.17) is 10.5 Å². The largest absolute Gasteiger partial charge is 0.383 e. The molecular formula is C24H21N3O. The molecule has 0 amide bonds. The molecule has 4 heteroatoms. The molecule has 0 fully saturated rings. The van der Waals surface area contributed by atoms with Crippen LogP contribution in [0.1, 0.15) is 34.7 Å². The van der Waals surface area contributed by atoms with Gasteiger partial charge in [0.15, 0.2) is 0 Å². The van der Waals surface area contributed by atoms with Gasteiger partial charge in [-0.3, -0.25) is 4.99 Å². The third kappa shape index (κ3) is 2.01. The standard InChI is InChI=1S/C24H21N3O/c1-2-28-12-13-7-8-19-16(9-13)21-18-11-26-24(25)22(18)20-15-6-4-3-5-14(15)10-17(20)23(21)27-19/h3-9,27H,2,10-12H2,1H3,(H2,25,26). The molecule has 28 heavy (non-hydrogen) atoms. The van der Waals surface area contributed by atoms with E-state index in [1.165, 1.54) is 49.7 Å². The second-order valence-electron chi connectivity index (χ2n) is 7.63. The van der Waals surface area contributed by atoms with Crippen LogP contribution in [0.4, 0.5) is 0 Å². The van der Waals surface area contributed by atoms with Crippen molar-refractivity contribution in [2.24, 2.45) is 10.7 Å². The van der Waals surface area contributed by atoms with Crippen molar-refractivity contribution in [3.63, 3.8) is 0 Å². The minimum atomic E-state index is 0.635. The van der Waals surface area contributed by atoms with E-state index in [1.54, 1.807) is 0 Å². The van der Waals surface area contributed by atoms with Crippen molar-refractivity contribution < 1.29 is 4.74 Å². The zero-order chi connectivity index (χ0) is 18.8. The molecule has 0 atom stereocenters. The van der Waals surface area contributed by atoms with Crippen LogP contribution in [-0.4, -0.2) is 17.4 Å². The van der Waals surface area contributed by atoms with Crippen molar-refractivity contribution in [1.29, 1.82) is 0 Å². The Bertz CT molecular complexity index is 1310. The normalized spacial score (nSPS) is 14.4. The average Bonchev–Trinajstić information content (AvgIpc) is 3.38. The molecule has 4 aromatic rings. The number of aliphatic imine (C=N–C) groups is 1. The van der Waals surface area contributed by atoms with E-state index in [-0.39, 0.29) is 0 Å². The number of aromatic amines is 1. The highest BCUT2D eigenvalue weighted by atomic mass is 16.5. The second kappa shape index (κ2) is 5.69. The minimum absolute atomic E-state index is 0.635. The van der Waals surface area contributed by atoms with E-state index in [2.05, 4.69) is 52.4 Å². The number of H-pyrrole nitrogens is 1. The molecular weight excluding hydrogens is 346 g/mol. The highest BCUT2D eigenvalue weighted by Gasteiger charge is 2.31. The summed E-state index contributed by atoms with van der Waals surface area (Å²) in [4.78, 5) is 8.33. The third-order valence-electron chi connectivity index (χ3n) is 6.11. The molecule has 0 unspecified atom stereocenters. The fourth-order valence-corrected chi connectivity index (χ4v) is 4.91. The van der Waals surface area contributed by atoms with E-state index in [9.17, 15) is 0 Å². The summed E-state index contributed by atoms with van der Waals surface area (Å²) in [5.41, 5.74) is 17.7. The van der Waals surface area contributed by atoms with Gasteiger partial charge in [-0.05, 0) is 52.4 Å². The fraction of sp³-hybridized carbons (Fsp3) is 0.208. The topological polar surface area (TPSA) is 63.4 Å². The number of aromatic nitrogens is 1. The average molecular weight is 367 g/mol. The van der Waals surface area contributed by atoms with Crippen LogP contribution in [0.2, 0.25) is 0 Å². The molecule has 3 aromatic carbocycles. The van der Waals surface area contributed by atoms with Crippen LogP contribution in [0.5, 0.6) is 0 Å². The molecule has 1 aliphatic heterocycles. The Morgan fingerprint density at radius 1 is 1.11 bits per heavy atom. The smallest absolute Gasteiger partial charge is 0.126 e. The highest BCUT2D eigenvalue weighted by molar-refractivity contribution is 6.20. The van der Waals surface area contributed by atoms with Gasteiger partial charge < -0.3 is 15.5 Å². The summed E-state index contributed by atoms with van der Waals surface area (Å²) in [6.45, 7) is 4.03. The monoisotopic (exact) mass is 367 g/mol. The lowest BCUT2D eigenvalue weighted by molar-refractivity contribution is 0.134. The third-order valence-corrected chi connectivity index (χ3v) is 6.11. The number of hydrogen-bond donors (Lipinski definition) is 2. The Hall–Kier alpha value is -3.11. The zero-order valence-corrected chi connectivity index (χ0v) is 15.8. The lowest BCUT2D eigenvalue weighted by atomic mass is 9.91. The predicted octanol–water partition coefficient (Wildman–Crippen LogP) is 4.65. The first kappa shape index (κ1) is 15.9. The van der Waals surface area contributed by atoms with Crippen molar-refractivity contribution in [1.82, 2.24) is 4.98 Å². The van der Waals surface area contributed by atoms with Crippen LogP contribution in [-0.2, 0) is 24.3 Å². The maximum atomic E-state index is 6.40. The molecule has 3 N–H and O–H groups in total. The molecule has 1 aliphatic carbocycles. The van der Waals surface area contributed by atoms with Crippen LogP contribution in [0, 0.1) is 0 Å². The van der Waals surface area contributed by atoms with Gasteiger partial charge in [-0.15, -0.1) is 0 Å². The van der Waals surface area contributed by atoms with Gasteiger partial charge in [0.1, 0.15) is 5.84 Å². The first-order chi connectivity index (χ1) is 13.8. The van der Waals surface area contributed by atoms with Gasteiger partial charge in [0.05, 0.1) is 18.7 Å². The SMILES string of the molecule is CCOCc1ccc2[nH]c3c4c(c5c(c3c2c1)CN=C5N)-c1ccccc1C4. The van der Waals surface area contributed by atoms with Crippen molar-refractivity contribution in [3.8, 4) is 11.1 Å². The summed E-state index contributed by atoms with van der Waals surface area (Å²) < 4.78 is 5.63. The number of amidine groups is 1. The summed E-state index contributed by atoms with van der Waals surface area (Å²) in [6, 6.07) is 15.2. The van der Waals surface area contributed by atoms with E-state index in [0.29, 0.717) is 19.0 Å². The number of ether oxygens (including phenoxy) is 1. The lowest BCUT2D eigenvalue weighted by Gasteiger charge is -2.12. The molecule has 0 spiro atoms. The number of nitrogens with zero attached hydrogens (tertiary/aromatic N) is 1. The van der Waals surface area contributed by atoms with Crippen LogP contribution in [0.15, 0.2) is 47.5 Å². The van der Waals surface area contributed by atoms with Gasteiger partial charge in [0, 0.05) is 34.9 Å². The van der Waals surface area contributed by atoms with Crippen molar-refractivity contribution in [2.75, 3.05) is 6.61 Å². The van der Waals surface area contributed by atoms with Gasteiger partial charge >= 0.3 is 0 Å². The summed E-state index contributed by atoms with van der Waals surface area (Å²) in [5.74, 6) is 0.671. The molecule has 2 aliphatic rings. The van der Waals surface area contributed by atoms with Gasteiger partial charge in [0.25, 0.3) is 0 Å². The molecule has 2 heterocycles. The highest BCUT2D eigenvalue weighted by Crippen LogP contribution is 2.47. The van der Waals surface area contributed by atoms with E-state index in [1.807, 2.05) is 6.92 Å². The Morgan fingerprint density at radius 3 is 2.89 bits per heavy atom. The Labute approximate surface area is 163 Å². The van der Waals surface area contributed by atoms with Crippen molar-refractivity contribution in [3.05, 3.63) is 70.3 Å². The number of benzene rings is 3. The maximum absolute atomic E-state index is 6.40. The summed E-state index contributed by atoms with van der Waals surface area (Å²) >= 11 is 0. The predicted molar refractivity (Wildman–Crippen MR) is 114 cm³/mol. The van der Waals surface area contributed by atoms with Crippen LogP contribution in [0.25, 0.3) is 32.9 Å². The van der Waals surface area contributed by atoms with Crippen LogP contribution in [0.3, 0.4) is 0 Å². The molecule has 0 radical (unpaired) electrons. The first-order valence-electron chi connectivity index (χ1n) is 9.84. The molecule has 4 nitrogen and oxygen atoms in total. The molecule has 1 aromatic heterocycles.